The van der Waals surface area contributed by atoms with Gasteiger partial charge in [-0.2, -0.15) is 8.42 Å². The van der Waals surface area contributed by atoms with Gasteiger partial charge in [-0.25, -0.2) is 9.59 Å². The fourth-order valence-electron chi connectivity index (χ4n) is 3.16. The van der Waals surface area contributed by atoms with Crippen LogP contribution >= 0.6 is 0 Å². The highest BCUT2D eigenvalue weighted by Gasteiger charge is 2.26. The molecule has 0 aromatic carbocycles. The molecule has 45 heavy (non-hydrogen) atoms. The van der Waals surface area contributed by atoms with E-state index in [9.17, 15) is 52.2 Å². The number of carbonyl (C=O) groups is 7. The summed E-state index contributed by atoms with van der Waals surface area (Å²) in [5.74, 6) is -7.49. The Kier molecular flexibility index (Phi) is 20.6. The third kappa shape index (κ3) is 22.2. The first kappa shape index (κ1) is 41.0. The molecule has 0 aliphatic heterocycles. The fourth-order valence-corrected chi connectivity index (χ4v) is 3.77. The Morgan fingerprint density at radius 3 is 1.80 bits per heavy atom. The van der Waals surface area contributed by atoms with Gasteiger partial charge in [-0.1, -0.05) is 0 Å². The van der Waals surface area contributed by atoms with Crippen LogP contribution in [0.2, 0.25) is 0 Å². The minimum atomic E-state index is -4.57. The van der Waals surface area contributed by atoms with E-state index in [2.05, 4.69) is 21.3 Å². The van der Waals surface area contributed by atoms with Gasteiger partial charge in [0.05, 0.1) is 32.1 Å². The van der Waals surface area contributed by atoms with E-state index in [4.69, 9.17) is 25.5 Å². The van der Waals surface area contributed by atoms with Crippen LogP contribution in [0, 0.1) is 0 Å². The smallest absolute Gasteiger partial charge is 0.326 e. The predicted octanol–water partition coefficient (Wildman–Crippen LogP) is -5.76. The first-order chi connectivity index (χ1) is 21.0. The minimum absolute atomic E-state index is 0.00146. The molecular weight excluding hydrogens is 630 g/mol. The molecule has 0 fully saturated rings. The van der Waals surface area contributed by atoms with Crippen LogP contribution in [0.25, 0.3) is 0 Å². The highest BCUT2D eigenvalue weighted by atomic mass is 32.2. The maximum absolute atomic E-state index is 12.0. The van der Waals surface area contributed by atoms with Crippen molar-refractivity contribution in [2.75, 3.05) is 58.4 Å². The van der Waals surface area contributed by atoms with E-state index in [1.165, 1.54) is 0 Å². The summed E-state index contributed by atoms with van der Waals surface area (Å²) < 4.78 is 40.6. The highest BCUT2D eigenvalue weighted by Crippen LogP contribution is 2.01. The van der Waals surface area contributed by atoms with Crippen LogP contribution in [-0.4, -0.2) is 141 Å². The van der Waals surface area contributed by atoms with E-state index in [0.717, 1.165) is 0 Å². The zero-order valence-electron chi connectivity index (χ0n) is 24.3. The molecule has 0 rings (SSSR count). The molecule has 0 saturated heterocycles. The number of amides is 5. The summed E-state index contributed by atoms with van der Waals surface area (Å²) in [7, 11) is -4.57. The van der Waals surface area contributed by atoms with Gasteiger partial charge >= 0.3 is 11.9 Å². The molecule has 0 aromatic heterocycles. The monoisotopic (exact) mass is 671 g/mol. The van der Waals surface area contributed by atoms with Crippen LogP contribution in [0.4, 0.5) is 0 Å². The first-order valence-electron chi connectivity index (χ1n) is 13.5. The lowest BCUT2D eigenvalue weighted by Gasteiger charge is -2.17. The molecule has 0 radical (unpaired) electrons. The van der Waals surface area contributed by atoms with Gasteiger partial charge in [0.15, 0.2) is 0 Å². The number of ether oxygens (including phenoxy) is 2. The zero-order chi connectivity index (χ0) is 34.4. The van der Waals surface area contributed by atoms with Crippen molar-refractivity contribution < 1.29 is 66.2 Å². The van der Waals surface area contributed by atoms with Gasteiger partial charge in [0.2, 0.25) is 29.5 Å². The number of nitrogens with two attached hydrogens (primary N) is 2. The zero-order valence-corrected chi connectivity index (χ0v) is 25.1. The van der Waals surface area contributed by atoms with Gasteiger partial charge < -0.3 is 57.7 Å². The normalized spacial score (nSPS) is 13.0. The van der Waals surface area contributed by atoms with Crippen LogP contribution in [0.3, 0.4) is 0 Å². The van der Waals surface area contributed by atoms with Gasteiger partial charge in [-0.05, 0) is 12.8 Å². The molecule has 0 heterocycles. The summed E-state index contributed by atoms with van der Waals surface area (Å²) >= 11 is 0. The highest BCUT2D eigenvalue weighted by molar-refractivity contribution is 7.85. The minimum Gasteiger partial charge on any atom is -0.480 e. The van der Waals surface area contributed by atoms with Crippen molar-refractivity contribution in [3.05, 3.63) is 0 Å². The number of carboxylic acids is 2. The Morgan fingerprint density at radius 1 is 0.711 bits per heavy atom. The summed E-state index contributed by atoms with van der Waals surface area (Å²) in [6.07, 6.45) is -1.16. The topological polar surface area (TPSA) is 345 Å². The van der Waals surface area contributed by atoms with E-state index in [0.29, 0.717) is 0 Å². The lowest BCUT2D eigenvalue weighted by atomic mass is 10.1. The molecule has 0 aliphatic rings. The Bertz CT molecular complexity index is 1120. The summed E-state index contributed by atoms with van der Waals surface area (Å²) in [6.45, 7) is -0.357. The molecule has 21 nitrogen and oxygen atoms in total. The summed E-state index contributed by atoms with van der Waals surface area (Å²) in [6, 6.07) is -4.63. The SMILES string of the molecule is NCCNC(=O)CNC(=O)CCC(NC(=O)COCCOCCNC(=O)CCC(NC(=O)C(N)CS(=O)(=O)O)C(=O)O)C(=O)O. The average molecular weight is 672 g/mol. The molecule has 3 atom stereocenters. The molecule has 0 bridgehead atoms. The van der Waals surface area contributed by atoms with Crippen molar-refractivity contribution in [3.8, 4) is 0 Å². The van der Waals surface area contributed by atoms with Crippen molar-refractivity contribution >= 4 is 51.6 Å². The first-order valence-corrected chi connectivity index (χ1v) is 15.1. The Labute approximate surface area is 258 Å². The number of rotatable bonds is 25. The predicted molar refractivity (Wildman–Crippen MR) is 152 cm³/mol. The second-order valence-corrected chi connectivity index (χ2v) is 10.7. The summed E-state index contributed by atoms with van der Waals surface area (Å²) in [4.78, 5) is 81.7. The number of aliphatic carboxylic acids is 2. The largest absolute Gasteiger partial charge is 0.480 e. The van der Waals surface area contributed by atoms with Crippen LogP contribution in [0.5, 0.6) is 0 Å². The van der Waals surface area contributed by atoms with Crippen LogP contribution in [0.1, 0.15) is 25.7 Å². The second kappa shape index (κ2) is 22.5. The molecule has 258 valence electrons. The maximum atomic E-state index is 12.0. The maximum Gasteiger partial charge on any atom is 0.326 e. The van der Waals surface area contributed by atoms with Crippen molar-refractivity contribution in [1.29, 1.82) is 0 Å². The standard InChI is InChI=1S/C23H41N7O14S/c24-5-6-26-19(33)11-28-18(32)4-1-15(22(36)37)29-20(34)12-44-10-9-43-8-7-27-17(31)3-2-16(23(38)39)30-21(35)14(25)13-45(40,41)42/h14-16H,1-13,24-25H2,(H,26,33)(H,27,31)(H,28,32)(H,29,34)(H,30,35)(H,36,37)(H,38,39)(H,40,41,42). The van der Waals surface area contributed by atoms with Gasteiger partial charge in [0.1, 0.15) is 24.7 Å². The molecule has 12 N–H and O–H groups in total. The second-order valence-electron chi connectivity index (χ2n) is 9.22. The Balaban J connectivity index is 4.15. The molecule has 22 heteroatoms. The van der Waals surface area contributed by atoms with Crippen LogP contribution in [0.15, 0.2) is 0 Å². The third-order valence-corrected chi connectivity index (χ3v) is 6.16. The fraction of sp³-hybridized carbons (Fsp3) is 0.696. The average Bonchev–Trinajstić information content (AvgIpc) is 2.94. The van der Waals surface area contributed by atoms with E-state index in [-0.39, 0.29) is 71.7 Å². The molecule has 0 aromatic rings. The molecule has 5 amide bonds. The Morgan fingerprint density at radius 2 is 1.24 bits per heavy atom. The third-order valence-electron chi connectivity index (χ3n) is 5.38. The van der Waals surface area contributed by atoms with E-state index >= 15 is 0 Å². The molecule has 0 saturated carbocycles. The van der Waals surface area contributed by atoms with E-state index in [1.54, 1.807) is 0 Å². The molecule has 0 spiro atoms. The lowest BCUT2D eigenvalue weighted by Crippen LogP contribution is -2.51. The van der Waals surface area contributed by atoms with Crippen molar-refractivity contribution in [2.24, 2.45) is 11.5 Å². The number of carboxylic acid groups (broad SMARTS) is 2. The van der Waals surface area contributed by atoms with Gasteiger partial charge in [0.25, 0.3) is 10.1 Å². The number of hydrogen-bond donors (Lipinski definition) is 10. The lowest BCUT2D eigenvalue weighted by molar-refractivity contribution is -0.143. The summed E-state index contributed by atoms with van der Waals surface area (Å²) in [5, 5.41) is 29.9. The number of nitrogens with one attached hydrogen (secondary N) is 5. The molecular formula is C23H41N7O14S. The van der Waals surface area contributed by atoms with E-state index < -0.39 is 82.1 Å². The van der Waals surface area contributed by atoms with Crippen molar-refractivity contribution in [1.82, 2.24) is 26.6 Å². The summed E-state index contributed by atoms with van der Waals surface area (Å²) in [5.41, 5.74) is 10.6. The van der Waals surface area contributed by atoms with Gasteiger partial charge in [-0.3, -0.25) is 28.5 Å². The van der Waals surface area contributed by atoms with Crippen molar-refractivity contribution in [3.63, 3.8) is 0 Å². The van der Waals surface area contributed by atoms with Crippen LogP contribution < -0.4 is 38.1 Å². The molecule has 0 aliphatic carbocycles. The quantitative estimate of drug-likeness (QED) is 0.0319. The van der Waals surface area contributed by atoms with Crippen molar-refractivity contribution in [2.45, 2.75) is 43.8 Å². The van der Waals surface area contributed by atoms with Crippen LogP contribution in [-0.2, 0) is 53.2 Å². The van der Waals surface area contributed by atoms with Gasteiger partial charge in [-0.15, -0.1) is 0 Å². The number of carbonyl (C=O) groups excluding carboxylic acids is 5. The van der Waals surface area contributed by atoms with Gasteiger partial charge in [0, 0.05) is 32.5 Å². The Hall–Kier alpha value is -3.96. The van der Waals surface area contributed by atoms with E-state index in [1.807, 2.05) is 5.32 Å². The number of hydrogen-bond acceptors (Lipinski definition) is 13. The molecule has 3 unspecified atom stereocenters.